The van der Waals surface area contributed by atoms with Gasteiger partial charge in [-0.3, -0.25) is 0 Å². The van der Waals surface area contributed by atoms with Gasteiger partial charge in [0.2, 0.25) is 0 Å². The van der Waals surface area contributed by atoms with Crippen LogP contribution in [0.3, 0.4) is 0 Å². The van der Waals surface area contributed by atoms with Gasteiger partial charge in [-0.15, -0.1) is 0 Å². The van der Waals surface area contributed by atoms with E-state index in [0.717, 1.165) is 19.8 Å². The monoisotopic (exact) mass is 267 g/mol. The van der Waals surface area contributed by atoms with E-state index in [0.29, 0.717) is 29.6 Å². The van der Waals surface area contributed by atoms with E-state index in [-0.39, 0.29) is 0 Å². The summed E-state index contributed by atoms with van der Waals surface area (Å²) in [5, 5.41) is 3.85. The van der Waals surface area contributed by atoms with Crippen LogP contribution in [0.1, 0.15) is 52.4 Å². The zero-order valence-corrected chi connectivity index (χ0v) is 12.5. The lowest BCUT2D eigenvalue weighted by molar-refractivity contribution is -0.131. The molecule has 0 radical (unpaired) electrons. The van der Waals surface area contributed by atoms with Crippen LogP contribution in [0.2, 0.25) is 0 Å². The van der Waals surface area contributed by atoms with Gasteiger partial charge in [-0.2, -0.15) is 0 Å². The lowest BCUT2D eigenvalue weighted by Gasteiger charge is -2.54. The largest absolute Gasteiger partial charge is 0.378 e. The molecule has 4 atom stereocenters. The molecule has 0 aromatic carbocycles. The lowest BCUT2D eigenvalue weighted by Crippen LogP contribution is -2.63. The first-order valence-electron chi connectivity index (χ1n) is 8.23. The minimum atomic E-state index is 0.440. The maximum atomic E-state index is 5.97. The second kappa shape index (κ2) is 5.71. The molecule has 4 unspecified atom stereocenters. The summed E-state index contributed by atoms with van der Waals surface area (Å²) in [6.07, 6.45) is 8.93. The average molecular weight is 267 g/mol. The molecule has 2 saturated carbocycles. The molecule has 1 saturated heterocycles. The molecule has 0 bridgehead atoms. The Kier molecular flexibility index (Phi) is 4.16. The fourth-order valence-electron chi connectivity index (χ4n) is 4.51. The summed E-state index contributed by atoms with van der Waals surface area (Å²) >= 11 is 0. The molecular weight excluding hydrogens is 238 g/mol. The topological polar surface area (TPSA) is 30.5 Å². The molecule has 3 heteroatoms. The van der Waals surface area contributed by atoms with Gasteiger partial charge < -0.3 is 14.8 Å². The molecule has 0 amide bonds. The van der Waals surface area contributed by atoms with Crippen molar-refractivity contribution >= 4 is 0 Å². The van der Waals surface area contributed by atoms with Crippen molar-refractivity contribution in [1.82, 2.24) is 5.32 Å². The SMILES string of the molecule is CCOC1CC(NCC2CCOC2C)C12CCCC2. The Morgan fingerprint density at radius 1 is 1.32 bits per heavy atom. The van der Waals surface area contributed by atoms with Crippen LogP contribution in [0.15, 0.2) is 0 Å². The van der Waals surface area contributed by atoms with E-state index in [9.17, 15) is 0 Å². The van der Waals surface area contributed by atoms with Crippen molar-refractivity contribution in [3.63, 3.8) is 0 Å². The van der Waals surface area contributed by atoms with Crippen molar-refractivity contribution in [3.8, 4) is 0 Å². The molecule has 110 valence electrons. The van der Waals surface area contributed by atoms with Crippen molar-refractivity contribution in [3.05, 3.63) is 0 Å². The maximum absolute atomic E-state index is 5.97. The maximum Gasteiger partial charge on any atom is 0.0661 e. The molecule has 0 aromatic rings. The smallest absolute Gasteiger partial charge is 0.0661 e. The van der Waals surface area contributed by atoms with E-state index >= 15 is 0 Å². The van der Waals surface area contributed by atoms with E-state index in [1.807, 2.05) is 0 Å². The van der Waals surface area contributed by atoms with Crippen LogP contribution in [-0.4, -0.2) is 38.0 Å². The second-order valence-corrected chi connectivity index (χ2v) is 6.71. The Balaban J connectivity index is 1.53. The van der Waals surface area contributed by atoms with Crippen molar-refractivity contribution in [1.29, 1.82) is 0 Å². The quantitative estimate of drug-likeness (QED) is 0.831. The van der Waals surface area contributed by atoms with Gasteiger partial charge in [-0.1, -0.05) is 12.8 Å². The van der Waals surface area contributed by atoms with E-state index in [4.69, 9.17) is 9.47 Å². The van der Waals surface area contributed by atoms with Crippen LogP contribution in [0, 0.1) is 11.3 Å². The molecule has 1 N–H and O–H groups in total. The summed E-state index contributed by atoms with van der Waals surface area (Å²) in [6, 6.07) is 0.694. The molecule has 3 fully saturated rings. The summed E-state index contributed by atoms with van der Waals surface area (Å²) in [7, 11) is 0. The van der Waals surface area contributed by atoms with Gasteiger partial charge in [0.1, 0.15) is 0 Å². The third-order valence-electron chi connectivity index (χ3n) is 5.85. The number of ether oxygens (including phenoxy) is 2. The van der Waals surface area contributed by atoms with Gasteiger partial charge in [-0.05, 0) is 45.4 Å². The van der Waals surface area contributed by atoms with Gasteiger partial charge in [0.25, 0.3) is 0 Å². The molecular formula is C16H29NO2. The van der Waals surface area contributed by atoms with Crippen molar-refractivity contribution < 1.29 is 9.47 Å². The third kappa shape index (κ3) is 2.45. The standard InChI is InChI=1S/C16H29NO2/c1-3-18-15-10-14(16(15)7-4-5-8-16)17-11-13-6-9-19-12(13)2/h12-15,17H,3-11H2,1-2H3. The van der Waals surface area contributed by atoms with Crippen molar-refractivity contribution in [2.75, 3.05) is 19.8 Å². The normalized spacial score (nSPS) is 40.7. The van der Waals surface area contributed by atoms with Gasteiger partial charge in [0.05, 0.1) is 12.2 Å². The molecule has 1 heterocycles. The first-order valence-corrected chi connectivity index (χ1v) is 8.23. The van der Waals surface area contributed by atoms with E-state index in [2.05, 4.69) is 19.2 Å². The molecule has 2 aliphatic carbocycles. The molecule has 3 rings (SSSR count). The summed E-state index contributed by atoms with van der Waals surface area (Å²) in [6.45, 7) is 7.29. The summed E-state index contributed by atoms with van der Waals surface area (Å²) < 4.78 is 11.6. The van der Waals surface area contributed by atoms with Crippen LogP contribution in [0.5, 0.6) is 0 Å². The fraction of sp³-hybridized carbons (Fsp3) is 1.00. The Morgan fingerprint density at radius 2 is 2.11 bits per heavy atom. The van der Waals surface area contributed by atoms with Gasteiger partial charge in [0, 0.05) is 31.2 Å². The summed E-state index contributed by atoms with van der Waals surface area (Å²) in [5.74, 6) is 0.713. The molecule has 1 spiro atoms. The van der Waals surface area contributed by atoms with Gasteiger partial charge >= 0.3 is 0 Å². The molecule has 19 heavy (non-hydrogen) atoms. The van der Waals surface area contributed by atoms with Crippen LogP contribution in [0.25, 0.3) is 0 Å². The average Bonchev–Trinajstić information content (AvgIpc) is 3.03. The minimum Gasteiger partial charge on any atom is -0.378 e. The van der Waals surface area contributed by atoms with Crippen LogP contribution < -0.4 is 5.32 Å². The third-order valence-corrected chi connectivity index (χ3v) is 5.85. The number of hydrogen-bond acceptors (Lipinski definition) is 3. The summed E-state index contributed by atoms with van der Waals surface area (Å²) in [5.41, 5.74) is 0.471. The number of nitrogens with one attached hydrogen (secondary N) is 1. The second-order valence-electron chi connectivity index (χ2n) is 6.71. The molecule has 3 nitrogen and oxygen atoms in total. The molecule has 1 aliphatic heterocycles. The first-order chi connectivity index (χ1) is 9.26. The van der Waals surface area contributed by atoms with E-state index in [1.54, 1.807) is 0 Å². The van der Waals surface area contributed by atoms with Crippen molar-refractivity contribution in [2.24, 2.45) is 11.3 Å². The van der Waals surface area contributed by atoms with Crippen LogP contribution in [-0.2, 0) is 9.47 Å². The lowest BCUT2D eigenvalue weighted by atomic mass is 9.60. The van der Waals surface area contributed by atoms with E-state index < -0.39 is 0 Å². The highest BCUT2D eigenvalue weighted by Gasteiger charge is 2.56. The highest BCUT2D eigenvalue weighted by atomic mass is 16.5. The Bertz CT molecular complexity index is 301. The Morgan fingerprint density at radius 3 is 2.74 bits per heavy atom. The zero-order valence-electron chi connectivity index (χ0n) is 12.5. The van der Waals surface area contributed by atoms with Crippen LogP contribution >= 0.6 is 0 Å². The van der Waals surface area contributed by atoms with E-state index in [1.165, 1.54) is 38.5 Å². The fourth-order valence-corrected chi connectivity index (χ4v) is 4.51. The summed E-state index contributed by atoms with van der Waals surface area (Å²) in [4.78, 5) is 0. The highest BCUT2D eigenvalue weighted by Crippen LogP contribution is 2.54. The van der Waals surface area contributed by atoms with Crippen LogP contribution in [0.4, 0.5) is 0 Å². The molecule has 0 aromatic heterocycles. The first kappa shape index (κ1) is 13.8. The minimum absolute atomic E-state index is 0.440. The number of rotatable bonds is 5. The zero-order chi connectivity index (χ0) is 13.3. The number of hydrogen-bond donors (Lipinski definition) is 1. The highest BCUT2D eigenvalue weighted by molar-refractivity contribution is 5.10. The predicted octanol–water partition coefficient (Wildman–Crippen LogP) is 2.74. The molecule has 3 aliphatic rings. The van der Waals surface area contributed by atoms with Gasteiger partial charge in [-0.25, -0.2) is 0 Å². The Hall–Kier alpha value is -0.120. The van der Waals surface area contributed by atoms with Crippen molar-refractivity contribution in [2.45, 2.75) is 70.6 Å². The van der Waals surface area contributed by atoms with Gasteiger partial charge in [0.15, 0.2) is 0 Å². The predicted molar refractivity (Wildman–Crippen MR) is 76.2 cm³/mol. The Labute approximate surface area is 117 Å².